The average Bonchev–Trinajstić information content (AvgIpc) is 2.40. The number of likely N-dealkylation sites (tertiary alicyclic amines) is 1. The van der Waals surface area contributed by atoms with Crippen LogP contribution >= 0.6 is 0 Å². The van der Waals surface area contributed by atoms with Crippen molar-refractivity contribution in [3.05, 3.63) is 23.8 Å². The van der Waals surface area contributed by atoms with Gasteiger partial charge < -0.3 is 20.1 Å². The molecule has 0 atom stereocenters. The van der Waals surface area contributed by atoms with Gasteiger partial charge in [0.25, 0.3) is 0 Å². The maximum Gasteiger partial charge on any atom is 0.165 e. The van der Waals surface area contributed by atoms with Gasteiger partial charge >= 0.3 is 0 Å². The smallest absolute Gasteiger partial charge is 0.165 e. The van der Waals surface area contributed by atoms with E-state index in [1.165, 1.54) is 0 Å². The van der Waals surface area contributed by atoms with Crippen LogP contribution in [0, 0.1) is 0 Å². The lowest BCUT2D eigenvalue weighted by atomic mass is 9.94. The number of hydrogen-bond acceptors (Lipinski definition) is 4. The van der Waals surface area contributed by atoms with Gasteiger partial charge in [0.05, 0.1) is 7.11 Å². The third kappa shape index (κ3) is 3.44. The summed E-state index contributed by atoms with van der Waals surface area (Å²) in [7, 11) is 3.82. The quantitative estimate of drug-likeness (QED) is 0.918. The molecule has 112 valence electrons. The molecule has 1 heterocycles. The lowest BCUT2D eigenvalue weighted by Gasteiger charge is -2.30. The van der Waals surface area contributed by atoms with E-state index < -0.39 is 5.54 Å². The van der Waals surface area contributed by atoms with Crippen molar-refractivity contribution in [3.63, 3.8) is 0 Å². The molecule has 0 radical (unpaired) electrons. The van der Waals surface area contributed by atoms with Gasteiger partial charge in [-0.05, 0) is 39.8 Å². The molecule has 0 spiro atoms. The molecule has 2 N–H and O–H groups in total. The Hall–Kier alpha value is -1.26. The van der Waals surface area contributed by atoms with Gasteiger partial charge in [0.15, 0.2) is 11.5 Å². The second kappa shape index (κ2) is 6.02. The van der Waals surface area contributed by atoms with Crippen molar-refractivity contribution >= 4 is 0 Å². The molecule has 0 aliphatic carbocycles. The minimum atomic E-state index is -0.447. The summed E-state index contributed by atoms with van der Waals surface area (Å²) < 4.78 is 11.7. The molecule has 4 heteroatoms. The Morgan fingerprint density at radius 2 is 1.90 bits per heavy atom. The number of para-hydroxylation sites is 1. The highest BCUT2D eigenvalue weighted by molar-refractivity contribution is 5.49. The number of nitrogens with two attached hydrogens (primary N) is 1. The van der Waals surface area contributed by atoms with E-state index in [9.17, 15) is 0 Å². The van der Waals surface area contributed by atoms with Crippen molar-refractivity contribution in [1.82, 2.24) is 4.90 Å². The molecular formula is C16H26N2O2. The molecule has 0 saturated carbocycles. The van der Waals surface area contributed by atoms with Gasteiger partial charge in [0.2, 0.25) is 0 Å². The SMILES string of the molecule is COc1c(OC2CCN(C)CC2)cccc1C(C)(C)N. The fourth-order valence-corrected chi connectivity index (χ4v) is 2.61. The maximum absolute atomic E-state index is 6.21. The molecule has 1 fully saturated rings. The molecular weight excluding hydrogens is 252 g/mol. The molecule has 1 aliphatic rings. The standard InChI is InChI=1S/C16H26N2O2/c1-16(2,17)13-6-5-7-14(15(13)19-4)20-12-8-10-18(3)11-9-12/h5-7,12H,8-11,17H2,1-4H3. The van der Waals surface area contributed by atoms with Gasteiger partial charge in [0.1, 0.15) is 6.10 Å². The first-order chi connectivity index (χ1) is 9.41. The Morgan fingerprint density at radius 3 is 2.45 bits per heavy atom. The molecule has 4 nitrogen and oxygen atoms in total. The van der Waals surface area contributed by atoms with Gasteiger partial charge in [-0.3, -0.25) is 0 Å². The number of piperidine rings is 1. The fourth-order valence-electron chi connectivity index (χ4n) is 2.61. The van der Waals surface area contributed by atoms with Gasteiger partial charge in [0, 0.05) is 24.2 Å². The highest BCUT2D eigenvalue weighted by Gasteiger charge is 2.24. The Bertz CT molecular complexity index is 446. The Kier molecular flexibility index (Phi) is 4.55. The number of ether oxygens (including phenoxy) is 2. The molecule has 0 aromatic heterocycles. The van der Waals surface area contributed by atoms with Crippen LogP contribution in [0.3, 0.4) is 0 Å². The molecule has 1 saturated heterocycles. The van der Waals surface area contributed by atoms with Crippen molar-refractivity contribution in [1.29, 1.82) is 0 Å². The Labute approximate surface area is 121 Å². The molecule has 0 unspecified atom stereocenters. The maximum atomic E-state index is 6.21. The van der Waals surface area contributed by atoms with E-state index >= 15 is 0 Å². The Morgan fingerprint density at radius 1 is 1.25 bits per heavy atom. The summed E-state index contributed by atoms with van der Waals surface area (Å²) in [6, 6.07) is 5.95. The molecule has 1 aliphatic heterocycles. The van der Waals surface area contributed by atoms with Crippen molar-refractivity contribution in [2.45, 2.75) is 38.3 Å². The lowest BCUT2D eigenvalue weighted by molar-refractivity contribution is 0.111. The largest absolute Gasteiger partial charge is 0.493 e. The predicted octanol–water partition coefficient (Wildman–Crippen LogP) is 2.36. The molecule has 1 aromatic carbocycles. The summed E-state index contributed by atoms with van der Waals surface area (Å²) in [6.07, 6.45) is 2.36. The van der Waals surface area contributed by atoms with Crippen LogP contribution in [0.1, 0.15) is 32.3 Å². The van der Waals surface area contributed by atoms with Crippen LogP contribution < -0.4 is 15.2 Å². The van der Waals surface area contributed by atoms with Gasteiger partial charge in [-0.1, -0.05) is 12.1 Å². The van der Waals surface area contributed by atoms with E-state index in [4.69, 9.17) is 15.2 Å². The zero-order valence-electron chi connectivity index (χ0n) is 13.0. The van der Waals surface area contributed by atoms with E-state index in [0.717, 1.165) is 43.0 Å². The average molecular weight is 278 g/mol. The molecule has 0 amide bonds. The third-order valence-corrected chi connectivity index (χ3v) is 3.84. The van der Waals surface area contributed by atoms with Crippen LogP contribution in [0.25, 0.3) is 0 Å². The normalized spacial score (nSPS) is 18.1. The van der Waals surface area contributed by atoms with Crippen molar-refractivity contribution in [2.75, 3.05) is 27.2 Å². The van der Waals surface area contributed by atoms with Crippen LogP contribution in [0.5, 0.6) is 11.5 Å². The van der Waals surface area contributed by atoms with Crippen LogP contribution in [0.2, 0.25) is 0 Å². The Balaban J connectivity index is 2.19. The van der Waals surface area contributed by atoms with E-state index in [1.54, 1.807) is 7.11 Å². The summed E-state index contributed by atoms with van der Waals surface area (Å²) in [5.41, 5.74) is 6.74. The third-order valence-electron chi connectivity index (χ3n) is 3.84. The second-order valence-electron chi connectivity index (χ2n) is 6.18. The van der Waals surface area contributed by atoms with E-state index in [0.29, 0.717) is 0 Å². The second-order valence-corrected chi connectivity index (χ2v) is 6.18. The lowest BCUT2D eigenvalue weighted by Crippen LogP contribution is -2.36. The number of rotatable bonds is 4. The molecule has 0 bridgehead atoms. The summed E-state index contributed by atoms with van der Waals surface area (Å²) in [4.78, 5) is 2.33. The topological polar surface area (TPSA) is 47.7 Å². The highest BCUT2D eigenvalue weighted by atomic mass is 16.5. The summed E-state index contributed by atoms with van der Waals surface area (Å²) >= 11 is 0. The number of methoxy groups -OCH3 is 1. The van der Waals surface area contributed by atoms with Gasteiger partial charge in [-0.15, -0.1) is 0 Å². The van der Waals surface area contributed by atoms with Crippen LogP contribution in [-0.2, 0) is 5.54 Å². The summed E-state index contributed by atoms with van der Waals surface area (Å²) in [5.74, 6) is 1.57. The van der Waals surface area contributed by atoms with Crippen LogP contribution in [-0.4, -0.2) is 38.3 Å². The summed E-state index contributed by atoms with van der Waals surface area (Å²) in [5, 5.41) is 0. The number of nitrogens with zero attached hydrogens (tertiary/aromatic N) is 1. The molecule has 2 rings (SSSR count). The molecule has 1 aromatic rings. The van der Waals surface area contributed by atoms with Gasteiger partial charge in [-0.25, -0.2) is 0 Å². The fraction of sp³-hybridized carbons (Fsp3) is 0.625. The van der Waals surface area contributed by atoms with E-state index in [-0.39, 0.29) is 6.10 Å². The van der Waals surface area contributed by atoms with Crippen molar-refractivity contribution in [2.24, 2.45) is 5.73 Å². The zero-order chi connectivity index (χ0) is 14.8. The van der Waals surface area contributed by atoms with Crippen LogP contribution in [0.4, 0.5) is 0 Å². The molecule has 20 heavy (non-hydrogen) atoms. The highest BCUT2D eigenvalue weighted by Crippen LogP contribution is 2.37. The number of hydrogen-bond donors (Lipinski definition) is 1. The minimum Gasteiger partial charge on any atom is -0.493 e. The monoisotopic (exact) mass is 278 g/mol. The first-order valence-corrected chi connectivity index (χ1v) is 7.23. The van der Waals surface area contributed by atoms with Gasteiger partial charge in [-0.2, -0.15) is 0 Å². The number of benzene rings is 1. The van der Waals surface area contributed by atoms with Crippen molar-refractivity contribution < 1.29 is 9.47 Å². The van der Waals surface area contributed by atoms with Crippen LogP contribution in [0.15, 0.2) is 18.2 Å². The zero-order valence-corrected chi connectivity index (χ0v) is 13.0. The van der Waals surface area contributed by atoms with E-state index in [1.807, 2.05) is 32.0 Å². The first-order valence-electron chi connectivity index (χ1n) is 7.23. The summed E-state index contributed by atoms with van der Waals surface area (Å²) in [6.45, 7) is 6.11. The first kappa shape index (κ1) is 15.1. The van der Waals surface area contributed by atoms with Crippen molar-refractivity contribution in [3.8, 4) is 11.5 Å². The van der Waals surface area contributed by atoms with E-state index in [2.05, 4.69) is 11.9 Å². The minimum absolute atomic E-state index is 0.260. The predicted molar refractivity (Wildman–Crippen MR) is 81.4 cm³/mol.